The molecule has 2 saturated heterocycles. The van der Waals surface area contributed by atoms with E-state index in [4.69, 9.17) is 4.74 Å². The van der Waals surface area contributed by atoms with E-state index >= 15 is 0 Å². The summed E-state index contributed by atoms with van der Waals surface area (Å²) in [7, 11) is 0. The Hall–Kier alpha value is -0.120. The quantitative estimate of drug-likeness (QED) is 0.792. The van der Waals surface area contributed by atoms with Gasteiger partial charge >= 0.3 is 0 Å². The third-order valence-electron chi connectivity index (χ3n) is 4.33. The van der Waals surface area contributed by atoms with Gasteiger partial charge in [0, 0.05) is 25.8 Å². The first-order valence-electron chi connectivity index (χ1n) is 7.33. The smallest absolute Gasteiger partial charge is 0.0495 e. The lowest BCUT2D eigenvalue weighted by molar-refractivity contribution is 0.135. The largest absolute Gasteiger partial charge is 0.381 e. The summed E-state index contributed by atoms with van der Waals surface area (Å²) >= 11 is 0. The van der Waals surface area contributed by atoms with Gasteiger partial charge in [0.1, 0.15) is 0 Å². The topological polar surface area (TPSA) is 24.5 Å². The van der Waals surface area contributed by atoms with Gasteiger partial charge in [-0.25, -0.2) is 0 Å². The third-order valence-corrected chi connectivity index (χ3v) is 4.33. The van der Waals surface area contributed by atoms with E-state index in [0.717, 1.165) is 37.6 Å². The SMILES string of the molecule is CCNC1CCN(CCC2CCOC2)CC1C. The van der Waals surface area contributed by atoms with Crippen LogP contribution in [0.3, 0.4) is 0 Å². The van der Waals surface area contributed by atoms with Gasteiger partial charge in [-0.1, -0.05) is 13.8 Å². The molecule has 100 valence electrons. The Balaban J connectivity index is 1.66. The summed E-state index contributed by atoms with van der Waals surface area (Å²) in [4.78, 5) is 2.65. The third kappa shape index (κ3) is 3.94. The maximum absolute atomic E-state index is 5.44. The lowest BCUT2D eigenvalue weighted by atomic mass is 9.93. The van der Waals surface area contributed by atoms with Crippen LogP contribution in [0.4, 0.5) is 0 Å². The van der Waals surface area contributed by atoms with Crippen LogP contribution in [0.15, 0.2) is 0 Å². The number of hydrogen-bond acceptors (Lipinski definition) is 3. The van der Waals surface area contributed by atoms with Gasteiger partial charge in [0.15, 0.2) is 0 Å². The first-order chi connectivity index (χ1) is 8.29. The molecule has 0 aromatic heterocycles. The molecule has 3 unspecified atom stereocenters. The van der Waals surface area contributed by atoms with Gasteiger partial charge in [0.25, 0.3) is 0 Å². The second-order valence-corrected chi connectivity index (χ2v) is 5.75. The highest BCUT2D eigenvalue weighted by Crippen LogP contribution is 2.20. The summed E-state index contributed by atoms with van der Waals surface area (Å²) in [5.74, 6) is 1.63. The second-order valence-electron chi connectivity index (χ2n) is 5.75. The molecule has 3 heteroatoms. The molecule has 2 aliphatic rings. The number of piperidine rings is 1. The van der Waals surface area contributed by atoms with E-state index in [0.29, 0.717) is 0 Å². The van der Waals surface area contributed by atoms with Crippen molar-refractivity contribution in [2.45, 2.75) is 39.2 Å². The van der Waals surface area contributed by atoms with Crippen LogP contribution in [0.1, 0.15) is 33.1 Å². The van der Waals surface area contributed by atoms with Crippen molar-refractivity contribution in [3.63, 3.8) is 0 Å². The van der Waals surface area contributed by atoms with Crippen molar-refractivity contribution in [1.29, 1.82) is 0 Å². The van der Waals surface area contributed by atoms with Crippen molar-refractivity contribution in [2.75, 3.05) is 39.4 Å². The highest BCUT2D eigenvalue weighted by atomic mass is 16.5. The Morgan fingerprint density at radius 1 is 1.35 bits per heavy atom. The highest BCUT2D eigenvalue weighted by Gasteiger charge is 2.25. The van der Waals surface area contributed by atoms with Gasteiger partial charge in [0.2, 0.25) is 0 Å². The minimum absolute atomic E-state index is 0.742. The number of nitrogens with one attached hydrogen (secondary N) is 1. The summed E-state index contributed by atoms with van der Waals surface area (Å²) in [6.07, 6.45) is 3.93. The Morgan fingerprint density at radius 3 is 2.88 bits per heavy atom. The number of likely N-dealkylation sites (tertiary alicyclic amines) is 1. The monoisotopic (exact) mass is 240 g/mol. The van der Waals surface area contributed by atoms with Crippen molar-refractivity contribution in [3.8, 4) is 0 Å². The van der Waals surface area contributed by atoms with E-state index in [-0.39, 0.29) is 0 Å². The molecule has 0 bridgehead atoms. The predicted octanol–water partition coefficient (Wildman–Crippen LogP) is 1.73. The minimum atomic E-state index is 0.742. The Bertz CT molecular complexity index is 216. The first kappa shape index (κ1) is 13.3. The molecule has 0 saturated carbocycles. The molecule has 3 nitrogen and oxygen atoms in total. The zero-order valence-corrected chi connectivity index (χ0v) is 11.5. The van der Waals surface area contributed by atoms with Crippen LogP contribution in [-0.4, -0.2) is 50.3 Å². The standard InChI is InChI=1S/C14H28N2O/c1-3-15-14-5-8-16(10-12(14)2)7-4-13-6-9-17-11-13/h12-15H,3-11H2,1-2H3. The van der Waals surface area contributed by atoms with Crippen molar-refractivity contribution < 1.29 is 4.74 Å². The molecule has 0 aliphatic carbocycles. The number of rotatable bonds is 5. The van der Waals surface area contributed by atoms with E-state index < -0.39 is 0 Å². The van der Waals surface area contributed by atoms with Gasteiger partial charge in [-0.3, -0.25) is 0 Å². The van der Waals surface area contributed by atoms with Crippen LogP contribution in [-0.2, 0) is 4.74 Å². The molecular weight excluding hydrogens is 212 g/mol. The minimum Gasteiger partial charge on any atom is -0.381 e. The molecule has 2 aliphatic heterocycles. The molecule has 0 aromatic rings. The summed E-state index contributed by atoms with van der Waals surface area (Å²) in [5.41, 5.74) is 0. The summed E-state index contributed by atoms with van der Waals surface area (Å²) in [6, 6.07) is 0.742. The lowest BCUT2D eigenvalue weighted by Gasteiger charge is -2.37. The van der Waals surface area contributed by atoms with Crippen LogP contribution in [0, 0.1) is 11.8 Å². The molecule has 0 amide bonds. The molecule has 2 fully saturated rings. The zero-order valence-electron chi connectivity index (χ0n) is 11.5. The Kier molecular flexibility index (Phi) is 5.26. The maximum atomic E-state index is 5.44. The Labute approximate surface area is 106 Å². The molecule has 17 heavy (non-hydrogen) atoms. The fraction of sp³-hybridized carbons (Fsp3) is 1.00. The summed E-state index contributed by atoms with van der Waals surface area (Å²) in [5, 5.41) is 3.61. The number of ether oxygens (including phenoxy) is 1. The van der Waals surface area contributed by atoms with Crippen molar-refractivity contribution in [3.05, 3.63) is 0 Å². The van der Waals surface area contributed by atoms with E-state index in [1.165, 1.54) is 38.9 Å². The molecule has 0 radical (unpaired) electrons. The molecule has 0 aromatic carbocycles. The van der Waals surface area contributed by atoms with Gasteiger partial charge in [-0.2, -0.15) is 0 Å². The molecule has 0 spiro atoms. The average molecular weight is 240 g/mol. The lowest BCUT2D eigenvalue weighted by Crippen LogP contribution is -2.48. The van der Waals surface area contributed by atoms with E-state index in [2.05, 4.69) is 24.1 Å². The van der Waals surface area contributed by atoms with Crippen LogP contribution in [0.5, 0.6) is 0 Å². The van der Waals surface area contributed by atoms with Crippen LogP contribution < -0.4 is 5.32 Å². The second kappa shape index (κ2) is 6.72. The van der Waals surface area contributed by atoms with E-state index in [9.17, 15) is 0 Å². The molecule has 2 heterocycles. The van der Waals surface area contributed by atoms with Gasteiger partial charge in [-0.15, -0.1) is 0 Å². The van der Waals surface area contributed by atoms with E-state index in [1.54, 1.807) is 0 Å². The normalized spacial score (nSPS) is 35.3. The summed E-state index contributed by atoms with van der Waals surface area (Å²) in [6.45, 7) is 11.5. The van der Waals surface area contributed by atoms with Crippen molar-refractivity contribution in [1.82, 2.24) is 10.2 Å². The zero-order chi connectivity index (χ0) is 12.1. The van der Waals surface area contributed by atoms with Gasteiger partial charge < -0.3 is 15.0 Å². The molecule has 1 N–H and O–H groups in total. The number of hydrogen-bond donors (Lipinski definition) is 1. The average Bonchev–Trinajstić information content (AvgIpc) is 2.83. The molecule has 2 rings (SSSR count). The summed E-state index contributed by atoms with van der Waals surface area (Å²) < 4.78 is 5.44. The number of nitrogens with zero attached hydrogens (tertiary/aromatic N) is 1. The molecular formula is C14H28N2O. The van der Waals surface area contributed by atoms with Crippen LogP contribution in [0.25, 0.3) is 0 Å². The van der Waals surface area contributed by atoms with Gasteiger partial charge in [-0.05, 0) is 50.7 Å². The fourth-order valence-electron chi connectivity index (χ4n) is 3.18. The molecule has 3 atom stereocenters. The van der Waals surface area contributed by atoms with E-state index in [1.807, 2.05) is 0 Å². The van der Waals surface area contributed by atoms with Crippen molar-refractivity contribution >= 4 is 0 Å². The van der Waals surface area contributed by atoms with Crippen LogP contribution in [0.2, 0.25) is 0 Å². The van der Waals surface area contributed by atoms with Crippen LogP contribution >= 0.6 is 0 Å². The maximum Gasteiger partial charge on any atom is 0.0495 e. The fourth-order valence-corrected chi connectivity index (χ4v) is 3.18. The first-order valence-corrected chi connectivity index (χ1v) is 7.33. The van der Waals surface area contributed by atoms with Gasteiger partial charge in [0.05, 0.1) is 0 Å². The highest BCUT2D eigenvalue weighted by molar-refractivity contribution is 4.82. The van der Waals surface area contributed by atoms with Crippen molar-refractivity contribution in [2.24, 2.45) is 11.8 Å². The predicted molar refractivity (Wildman–Crippen MR) is 71.2 cm³/mol. The Morgan fingerprint density at radius 2 is 2.24 bits per heavy atom.